The molecule has 6 heteroatoms. The normalized spacial score (nSPS) is 13.0. The lowest BCUT2D eigenvalue weighted by Gasteiger charge is -2.45. The summed E-state index contributed by atoms with van der Waals surface area (Å²) in [5, 5.41) is 26.4. The first kappa shape index (κ1) is 60.9. The van der Waals surface area contributed by atoms with Gasteiger partial charge in [-0.25, -0.2) is 0 Å². The highest BCUT2D eigenvalue weighted by molar-refractivity contribution is 6.99. The predicted molar refractivity (Wildman–Crippen MR) is 429 cm³/mol. The molecule has 0 radical (unpaired) electrons. The van der Waals surface area contributed by atoms with Crippen LogP contribution in [0.25, 0.3) is 122 Å². The van der Waals surface area contributed by atoms with Gasteiger partial charge in [-0.15, -0.1) is 0 Å². The van der Waals surface area contributed by atoms with Crippen LogP contribution in [0.3, 0.4) is 0 Å². The van der Waals surface area contributed by atoms with E-state index < -0.39 is 5.92 Å². The van der Waals surface area contributed by atoms with Crippen molar-refractivity contribution in [3.8, 4) is 90.3 Å². The van der Waals surface area contributed by atoms with Gasteiger partial charge in [-0.3, -0.25) is 0 Å². The van der Waals surface area contributed by atoms with E-state index in [4.69, 9.17) is 0 Å². The third-order valence-electron chi connectivity index (χ3n) is 21.7. The smallest absolute Gasteiger partial charge is 0.247 e. The molecule has 2 aliphatic rings. The number of anilines is 3. The van der Waals surface area contributed by atoms with Crippen molar-refractivity contribution in [2.45, 2.75) is 32.1 Å². The molecule has 0 bridgehead atoms. The molecular formula is C97H66BN5. The van der Waals surface area contributed by atoms with Crippen LogP contribution in [-0.4, -0.2) is 15.8 Å². The maximum absolute atomic E-state index is 10.8. The Morgan fingerprint density at radius 1 is 0.320 bits per heavy atom. The van der Waals surface area contributed by atoms with Crippen LogP contribution in [0, 0.1) is 22.7 Å². The maximum atomic E-state index is 10.8. The zero-order valence-electron chi connectivity index (χ0n) is 57.2. The van der Waals surface area contributed by atoms with E-state index in [1.165, 1.54) is 54.6 Å². The molecule has 15 aromatic carbocycles. The van der Waals surface area contributed by atoms with Gasteiger partial charge in [0.2, 0.25) is 6.71 Å². The largest absolute Gasteiger partial charge is 0.310 e. The standard InChI is InChI=1S/C97H66BN5/c1-97(2,3)72-56-84-94(93-75(68-32-18-24-62(52-68)60-99)40-22-41-76(93)70-34-20-30-66(54-70)64-26-6-4-7-27-64)83-58-73(101-87-44-14-10-36-79(87)80-37-11-15-45-88(80)101)48-50-85(83)98-86-51-49-74(102-89-46-16-12-38-81(89)82-39-13-17-47-90(82)102)59-91(86)103(92(57-72)95(84)98)96-77(69-33-19-25-63(53-69)61-100)42-23-43-78(96)71-35-21-31-67(55-71)65-28-8-5-9-29-65/h4-59,94H,1-3H3. The average molecular weight is 1310 g/mol. The van der Waals surface area contributed by atoms with Crippen LogP contribution >= 0.6 is 0 Å². The molecule has 0 amide bonds. The van der Waals surface area contributed by atoms with Gasteiger partial charge in [0.25, 0.3) is 0 Å². The number of hydrogen-bond acceptors (Lipinski definition) is 3. The molecule has 17 aromatic rings. The van der Waals surface area contributed by atoms with Gasteiger partial charge in [0, 0.05) is 61.3 Å². The molecule has 0 saturated carbocycles. The molecule has 103 heavy (non-hydrogen) atoms. The zero-order valence-corrected chi connectivity index (χ0v) is 57.2. The number of hydrogen-bond donors (Lipinski definition) is 0. The van der Waals surface area contributed by atoms with Crippen LogP contribution in [0.2, 0.25) is 0 Å². The second-order valence-corrected chi connectivity index (χ2v) is 28.5. The van der Waals surface area contributed by atoms with Crippen molar-refractivity contribution in [3.05, 3.63) is 373 Å². The van der Waals surface area contributed by atoms with Gasteiger partial charge >= 0.3 is 0 Å². The monoisotopic (exact) mass is 1310 g/mol. The first-order valence-corrected chi connectivity index (χ1v) is 35.5. The highest BCUT2D eigenvalue weighted by Crippen LogP contribution is 2.54. The Labute approximate surface area is 600 Å². The van der Waals surface area contributed by atoms with Crippen LogP contribution in [-0.2, 0) is 5.41 Å². The van der Waals surface area contributed by atoms with E-state index in [0.29, 0.717) is 11.1 Å². The van der Waals surface area contributed by atoms with Crippen LogP contribution in [0.15, 0.2) is 340 Å². The first-order chi connectivity index (χ1) is 50.6. The van der Waals surface area contributed by atoms with Crippen molar-refractivity contribution in [1.82, 2.24) is 9.13 Å². The summed E-state index contributed by atoms with van der Waals surface area (Å²) in [6, 6.07) is 129. The summed E-state index contributed by atoms with van der Waals surface area (Å²) in [4.78, 5) is 2.64. The molecule has 19 rings (SSSR count). The molecule has 5 nitrogen and oxygen atoms in total. The van der Waals surface area contributed by atoms with E-state index in [9.17, 15) is 10.5 Å². The van der Waals surface area contributed by atoms with Gasteiger partial charge in [-0.2, -0.15) is 10.5 Å². The van der Waals surface area contributed by atoms with Crippen molar-refractivity contribution in [2.24, 2.45) is 0 Å². The SMILES string of the molecule is CC(C)(C)c1cc2c3c(c1)N(c1c(-c4cccc(C#N)c4)cccc1-c1cccc(-c4ccccc4)c1)c1cc(-n4c5ccccc5c5ccccc54)ccc1B3c1ccc(-n3c4ccccc4c4ccccc43)cc1C2c1c(-c2cccc(C#N)c2)cccc1-c1cccc(-c2ccccc2)c1. The van der Waals surface area contributed by atoms with E-state index >= 15 is 0 Å². The second kappa shape index (κ2) is 24.3. The minimum absolute atomic E-state index is 0.284. The molecule has 0 N–H and O–H groups in total. The third kappa shape index (κ3) is 9.97. The number of benzene rings is 15. The number of rotatable bonds is 10. The summed E-state index contributed by atoms with van der Waals surface area (Å²) in [6.45, 7) is 6.79. The highest BCUT2D eigenvalue weighted by atomic mass is 15.2. The summed E-state index contributed by atoms with van der Waals surface area (Å²) in [7, 11) is 0. The molecule has 2 aliphatic heterocycles. The Morgan fingerprint density at radius 3 is 1.21 bits per heavy atom. The summed E-state index contributed by atoms with van der Waals surface area (Å²) < 4.78 is 4.93. The fourth-order valence-electron chi connectivity index (χ4n) is 17.0. The Balaban J connectivity index is 0.984. The minimum Gasteiger partial charge on any atom is -0.310 e. The van der Waals surface area contributed by atoms with Crippen molar-refractivity contribution in [3.63, 3.8) is 0 Å². The third-order valence-corrected chi connectivity index (χ3v) is 21.7. The molecule has 0 spiro atoms. The van der Waals surface area contributed by atoms with Gasteiger partial charge in [0.1, 0.15) is 0 Å². The highest BCUT2D eigenvalue weighted by Gasteiger charge is 2.47. The van der Waals surface area contributed by atoms with Gasteiger partial charge in [-0.05, 0) is 185 Å². The molecule has 0 fully saturated rings. The molecule has 1 atom stereocenters. The number of nitriles is 2. The van der Waals surface area contributed by atoms with Crippen molar-refractivity contribution >= 4 is 83.8 Å². The summed E-state index contributed by atoms with van der Waals surface area (Å²) in [5.74, 6) is -0.405. The summed E-state index contributed by atoms with van der Waals surface area (Å²) in [5.41, 5.74) is 31.8. The van der Waals surface area contributed by atoms with Crippen molar-refractivity contribution in [1.29, 1.82) is 10.5 Å². The first-order valence-electron chi connectivity index (χ1n) is 35.5. The summed E-state index contributed by atoms with van der Waals surface area (Å²) >= 11 is 0. The van der Waals surface area contributed by atoms with Gasteiger partial charge in [-0.1, -0.05) is 275 Å². The van der Waals surface area contributed by atoms with Crippen LogP contribution in [0.4, 0.5) is 17.1 Å². The van der Waals surface area contributed by atoms with E-state index in [0.717, 1.165) is 123 Å². The van der Waals surface area contributed by atoms with E-state index in [1.54, 1.807) is 0 Å². The average Bonchev–Trinajstić information content (AvgIpc) is 1.23. The van der Waals surface area contributed by atoms with Gasteiger partial charge in [0.15, 0.2) is 0 Å². The van der Waals surface area contributed by atoms with Crippen molar-refractivity contribution < 1.29 is 0 Å². The van der Waals surface area contributed by atoms with Crippen LogP contribution in [0.1, 0.15) is 60.1 Å². The van der Waals surface area contributed by atoms with Crippen LogP contribution < -0.4 is 21.3 Å². The second-order valence-electron chi connectivity index (χ2n) is 28.5. The Morgan fingerprint density at radius 2 is 0.718 bits per heavy atom. The predicted octanol–water partition coefficient (Wildman–Crippen LogP) is 22.7. The molecule has 2 aromatic heterocycles. The van der Waals surface area contributed by atoms with Crippen LogP contribution in [0.5, 0.6) is 0 Å². The molecule has 0 aliphatic carbocycles. The Bertz CT molecular complexity index is 5930. The maximum Gasteiger partial charge on any atom is 0.247 e. The van der Waals surface area contributed by atoms with E-state index in [1.807, 2.05) is 24.3 Å². The van der Waals surface area contributed by atoms with Crippen molar-refractivity contribution in [2.75, 3.05) is 4.90 Å². The number of nitrogens with zero attached hydrogens (tertiary/aromatic N) is 5. The lowest BCUT2D eigenvalue weighted by atomic mass is 9.31. The number of para-hydroxylation sites is 5. The Hall–Kier alpha value is -13.3. The fourth-order valence-corrected chi connectivity index (χ4v) is 17.0. The topological polar surface area (TPSA) is 60.7 Å². The lowest BCUT2D eigenvalue weighted by molar-refractivity contribution is 0.589. The molecule has 0 saturated heterocycles. The summed E-state index contributed by atoms with van der Waals surface area (Å²) in [6.07, 6.45) is 0. The quantitative estimate of drug-likeness (QED) is 0.128. The number of fused-ring (bicyclic) bond motifs is 10. The van der Waals surface area contributed by atoms with Gasteiger partial charge in [0.05, 0.1) is 51.0 Å². The lowest BCUT2D eigenvalue weighted by Crippen LogP contribution is -2.62. The molecule has 1 unspecified atom stereocenters. The Kier molecular flexibility index (Phi) is 14.4. The van der Waals surface area contributed by atoms with E-state index in [2.05, 4.69) is 362 Å². The fraction of sp³-hybridized carbons (Fsp3) is 0.0515. The number of aromatic nitrogens is 2. The molecule has 482 valence electrons. The minimum atomic E-state index is -0.405. The molecular weight excluding hydrogens is 1250 g/mol. The zero-order chi connectivity index (χ0) is 69.0. The van der Waals surface area contributed by atoms with Gasteiger partial charge < -0.3 is 14.0 Å². The molecule has 4 heterocycles. The van der Waals surface area contributed by atoms with E-state index in [-0.39, 0.29) is 12.1 Å².